The molecule has 0 spiro atoms. The van der Waals surface area contributed by atoms with Crippen LogP contribution in [0.1, 0.15) is 16.7 Å². The zero-order valence-corrected chi connectivity index (χ0v) is 9.73. The van der Waals surface area contributed by atoms with Gasteiger partial charge in [-0.05, 0) is 17.7 Å². The zero-order chi connectivity index (χ0) is 12.8. The number of halogens is 1. The van der Waals surface area contributed by atoms with Crippen LogP contribution in [-0.2, 0) is 13.1 Å². The summed E-state index contributed by atoms with van der Waals surface area (Å²) in [6.45, 7) is 1.00. The summed E-state index contributed by atoms with van der Waals surface area (Å²) in [7, 11) is 0. The highest BCUT2D eigenvalue weighted by Gasteiger charge is 2.06. The smallest absolute Gasteiger partial charge is 0.145 e. The van der Waals surface area contributed by atoms with E-state index in [9.17, 15) is 4.39 Å². The van der Waals surface area contributed by atoms with Crippen molar-refractivity contribution in [2.75, 3.05) is 0 Å². The van der Waals surface area contributed by atoms with E-state index in [1.807, 2.05) is 18.2 Å². The lowest BCUT2D eigenvalue weighted by Gasteiger charge is -2.06. The highest BCUT2D eigenvalue weighted by molar-refractivity contribution is 5.34. The van der Waals surface area contributed by atoms with Crippen LogP contribution in [0.15, 0.2) is 42.7 Å². The second kappa shape index (κ2) is 5.89. The third kappa shape index (κ3) is 2.90. The van der Waals surface area contributed by atoms with Crippen LogP contribution in [0.3, 0.4) is 0 Å². The predicted octanol–water partition coefficient (Wildman–Crippen LogP) is 2.38. The molecule has 1 aromatic heterocycles. The van der Waals surface area contributed by atoms with Gasteiger partial charge in [0.25, 0.3) is 0 Å². The highest BCUT2D eigenvalue weighted by Crippen LogP contribution is 2.11. The lowest BCUT2D eigenvalue weighted by Crippen LogP contribution is -2.14. The van der Waals surface area contributed by atoms with Crippen molar-refractivity contribution in [2.24, 2.45) is 0 Å². The van der Waals surface area contributed by atoms with Crippen molar-refractivity contribution >= 4 is 0 Å². The van der Waals surface area contributed by atoms with Gasteiger partial charge < -0.3 is 5.32 Å². The predicted molar refractivity (Wildman–Crippen MR) is 65.9 cm³/mol. The fraction of sp³-hybridized carbons (Fsp3) is 0.143. The molecule has 1 N–H and O–H groups in total. The first-order chi connectivity index (χ1) is 8.81. The third-order valence-corrected chi connectivity index (χ3v) is 2.57. The minimum atomic E-state index is -0.446. The monoisotopic (exact) mass is 241 g/mol. The van der Waals surface area contributed by atoms with Gasteiger partial charge in [0.15, 0.2) is 0 Å². The Morgan fingerprint density at radius 1 is 1.22 bits per heavy atom. The molecule has 1 heterocycles. The average molecular weight is 241 g/mol. The molecule has 0 radical (unpaired) electrons. The molecule has 0 unspecified atom stereocenters. The Kier molecular flexibility index (Phi) is 4.00. The molecule has 0 fully saturated rings. The van der Waals surface area contributed by atoms with E-state index >= 15 is 0 Å². The number of pyridine rings is 1. The van der Waals surface area contributed by atoms with Gasteiger partial charge >= 0.3 is 0 Å². The maximum atomic E-state index is 13.7. The van der Waals surface area contributed by atoms with Crippen LogP contribution in [-0.4, -0.2) is 4.98 Å². The van der Waals surface area contributed by atoms with Crippen molar-refractivity contribution < 1.29 is 4.39 Å². The van der Waals surface area contributed by atoms with Crippen molar-refractivity contribution in [3.05, 3.63) is 65.2 Å². The van der Waals surface area contributed by atoms with Gasteiger partial charge in [-0.3, -0.25) is 4.98 Å². The fourth-order valence-corrected chi connectivity index (χ4v) is 1.65. The Labute approximate surface area is 105 Å². The summed E-state index contributed by atoms with van der Waals surface area (Å²) < 4.78 is 13.7. The second-order valence-corrected chi connectivity index (χ2v) is 3.86. The Morgan fingerprint density at radius 2 is 2.11 bits per heavy atom. The molecule has 0 saturated heterocycles. The van der Waals surface area contributed by atoms with E-state index < -0.39 is 5.82 Å². The third-order valence-electron chi connectivity index (χ3n) is 2.57. The molecule has 0 aliphatic rings. The lowest BCUT2D eigenvalue weighted by molar-refractivity contribution is 0.584. The first-order valence-corrected chi connectivity index (χ1v) is 5.58. The van der Waals surface area contributed by atoms with Gasteiger partial charge in [0, 0.05) is 31.0 Å². The quantitative estimate of drug-likeness (QED) is 0.894. The van der Waals surface area contributed by atoms with Crippen LogP contribution in [0.2, 0.25) is 0 Å². The Hall–Kier alpha value is -2.25. The molecular formula is C14H12FN3. The van der Waals surface area contributed by atoms with Crippen LogP contribution in [0, 0.1) is 17.1 Å². The van der Waals surface area contributed by atoms with Crippen LogP contribution in [0.25, 0.3) is 0 Å². The SMILES string of the molecule is N#Cc1cccc(CNCc2cccnc2)c1F. The minimum Gasteiger partial charge on any atom is -0.308 e. The molecule has 0 amide bonds. The Balaban J connectivity index is 1.97. The van der Waals surface area contributed by atoms with E-state index in [1.54, 1.807) is 24.5 Å². The van der Waals surface area contributed by atoms with Crippen molar-refractivity contribution in [3.63, 3.8) is 0 Å². The van der Waals surface area contributed by atoms with Crippen molar-refractivity contribution in [3.8, 4) is 6.07 Å². The number of hydrogen-bond acceptors (Lipinski definition) is 3. The number of benzene rings is 1. The number of nitriles is 1. The second-order valence-electron chi connectivity index (χ2n) is 3.86. The standard InChI is InChI=1S/C14H12FN3/c15-14-12(7-16)4-1-5-13(14)10-18-9-11-3-2-6-17-8-11/h1-6,8,18H,9-10H2. The van der Waals surface area contributed by atoms with Crippen molar-refractivity contribution in [1.82, 2.24) is 10.3 Å². The normalized spacial score (nSPS) is 10.0. The molecule has 18 heavy (non-hydrogen) atoms. The number of rotatable bonds is 4. The van der Waals surface area contributed by atoms with Crippen LogP contribution < -0.4 is 5.32 Å². The maximum absolute atomic E-state index is 13.7. The fourth-order valence-electron chi connectivity index (χ4n) is 1.65. The summed E-state index contributed by atoms with van der Waals surface area (Å²) in [5.74, 6) is -0.446. The first kappa shape index (κ1) is 12.2. The van der Waals surface area contributed by atoms with Crippen molar-refractivity contribution in [2.45, 2.75) is 13.1 Å². The van der Waals surface area contributed by atoms with E-state index in [2.05, 4.69) is 10.3 Å². The molecule has 0 aliphatic carbocycles. The first-order valence-electron chi connectivity index (χ1n) is 5.58. The lowest BCUT2D eigenvalue weighted by atomic mass is 10.1. The summed E-state index contributed by atoms with van der Waals surface area (Å²) in [5.41, 5.74) is 1.61. The van der Waals surface area contributed by atoms with Gasteiger partial charge in [-0.15, -0.1) is 0 Å². The minimum absolute atomic E-state index is 0.0793. The number of nitrogens with zero attached hydrogens (tertiary/aromatic N) is 2. The van der Waals surface area contributed by atoms with Gasteiger partial charge in [0.05, 0.1) is 5.56 Å². The summed E-state index contributed by atoms with van der Waals surface area (Å²) in [4.78, 5) is 4.00. The largest absolute Gasteiger partial charge is 0.308 e. The van der Waals surface area contributed by atoms with Crippen molar-refractivity contribution in [1.29, 1.82) is 5.26 Å². The summed E-state index contributed by atoms with van der Waals surface area (Å²) in [6, 6.07) is 10.5. The number of hydrogen-bond donors (Lipinski definition) is 1. The van der Waals surface area contributed by atoms with E-state index in [0.29, 0.717) is 18.7 Å². The zero-order valence-electron chi connectivity index (χ0n) is 9.73. The van der Waals surface area contributed by atoms with Crippen LogP contribution in [0.4, 0.5) is 4.39 Å². The molecule has 4 heteroatoms. The molecule has 1 aromatic carbocycles. The average Bonchev–Trinajstić information content (AvgIpc) is 2.42. The molecule has 90 valence electrons. The molecule has 0 saturated carbocycles. The van der Waals surface area contributed by atoms with Crippen LogP contribution in [0.5, 0.6) is 0 Å². The summed E-state index contributed by atoms with van der Waals surface area (Å²) in [5, 5.41) is 11.8. The van der Waals surface area contributed by atoms with Gasteiger partial charge in [-0.1, -0.05) is 18.2 Å². The maximum Gasteiger partial charge on any atom is 0.145 e. The topological polar surface area (TPSA) is 48.7 Å². The molecule has 2 aromatic rings. The Morgan fingerprint density at radius 3 is 2.83 bits per heavy atom. The van der Waals surface area contributed by atoms with E-state index in [1.165, 1.54) is 6.07 Å². The highest BCUT2D eigenvalue weighted by atomic mass is 19.1. The molecule has 2 rings (SSSR count). The summed E-state index contributed by atoms with van der Waals surface area (Å²) >= 11 is 0. The molecule has 3 nitrogen and oxygen atoms in total. The van der Waals surface area contributed by atoms with Crippen LogP contribution >= 0.6 is 0 Å². The molecule has 0 aliphatic heterocycles. The van der Waals surface area contributed by atoms with E-state index in [-0.39, 0.29) is 5.56 Å². The van der Waals surface area contributed by atoms with E-state index in [0.717, 1.165) is 5.56 Å². The van der Waals surface area contributed by atoms with Gasteiger partial charge in [0.1, 0.15) is 11.9 Å². The molecular weight excluding hydrogens is 229 g/mol. The molecule has 0 atom stereocenters. The molecule has 0 bridgehead atoms. The number of nitrogens with one attached hydrogen (secondary N) is 1. The van der Waals surface area contributed by atoms with Gasteiger partial charge in [-0.2, -0.15) is 5.26 Å². The summed E-state index contributed by atoms with van der Waals surface area (Å²) in [6.07, 6.45) is 3.47. The van der Waals surface area contributed by atoms with Gasteiger partial charge in [-0.25, -0.2) is 4.39 Å². The Bertz CT molecular complexity index is 561. The number of aromatic nitrogens is 1. The van der Waals surface area contributed by atoms with Gasteiger partial charge in [0.2, 0.25) is 0 Å². The van der Waals surface area contributed by atoms with E-state index in [4.69, 9.17) is 5.26 Å².